The number of hydrogen-bond acceptors (Lipinski definition) is 4. The summed E-state index contributed by atoms with van der Waals surface area (Å²) in [6.07, 6.45) is 1.95. The maximum absolute atomic E-state index is 10.9. The molecule has 0 atom stereocenters. The van der Waals surface area contributed by atoms with E-state index in [1.807, 2.05) is 4.90 Å². The van der Waals surface area contributed by atoms with Crippen molar-refractivity contribution in [1.82, 2.24) is 4.98 Å². The fraction of sp³-hybridized carbons (Fsp3) is 0.500. The standard InChI is InChI=1S/C12H17ClN2O3/c1-2-3-4-15(5-6-16)11-8-9(12(17)18)7-10(13)14-11/h7-8,16H,2-6H2,1H3,(H,17,18). The van der Waals surface area contributed by atoms with Crippen molar-refractivity contribution in [3.63, 3.8) is 0 Å². The molecule has 1 rings (SSSR count). The molecule has 0 bridgehead atoms. The molecular formula is C12H17ClN2O3. The van der Waals surface area contributed by atoms with Crippen molar-refractivity contribution in [2.24, 2.45) is 0 Å². The van der Waals surface area contributed by atoms with Crippen LogP contribution in [0.5, 0.6) is 0 Å². The molecule has 18 heavy (non-hydrogen) atoms. The van der Waals surface area contributed by atoms with Crippen LogP contribution in [0.4, 0.5) is 5.82 Å². The number of nitrogens with zero attached hydrogens (tertiary/aromatic N) is 2. The Labute approximate surface area is 111 Å². The summed E-state index contributed by atoms with van der Waals surface area (Å²) in [4.78, 5) is 16.9. The third-order valence-corrected chi connectivity index (χ3v) is 2.70. The molecule has 0 radical (unpaired) electrons. The second-order valence-corrected chi connectivity index (χ2v) is 4.29. The molecule has 0 spiro atoms. The minimum absolute atomic E-state index is 0.0136. The van der Waals surface area contributed by atoms with Crippen LogP contribution in [-0.2, 0) is 0 Å². The Morgan fingerprint density at radius 1 is 1.44 bits per heavy atom. The fourth-order valence-electron chi connectivity index (χ4n) is 1.58. The Balaban J connectivity index is 2.98. The number of carboxylic acids is 1. The predicted octanol–water partition coefficient (Wildman–Crippen LogP) is 2.03. The van der Waals surface area contributed by atoms with Gasteiger partial charge in [-0.1, -0.05) is 24.9 Å². The smallest absolute Gasteiger partial charge is 0.335 e. The first-order valence-corrected chi connectivity index (χ1v) is 6.23. The molecule has 0 saturated heterocycles. The Kier molecular flexibility index (Phi) is 5.88. The van der Waals surface area contributed by atoms with E-state index in [-0.39, 0.29) is 17.3 Å². The normalized spacial score (nSPS) is 10.4. The van der Waals surface area contributed by atoms with Crippen molar-refractivity contribution in [3.8, 4) is 0 Å². The molecule has 0 saturated carbocycles. The SMILES string of the molecule is CCCCN(CCO)c1cc(C(=O)O)cc(Cl)n1. The summed E-state index contributed by atoms with van der Waals surface area (Å²) >= 11 is 5.81. The Morgan fingerprint density at radius 2 is 2.17 bits per heavy atom. The Bertz CT molecular complexity index is 412. The van der Waals surface area contributed by atoms with Crippen LogP contribution < -0.4 is 4.90 Å². The number of aromatic nitrogens is 1. The zero-order valence-corrected chi connectivity index (χ0v) is 11.0. The van der Waals surface area contributed by atoms with E-state index in [2.05, 4.69) is 11.9 Å². The number of aromatic carboxylic acids is 1. The van der Waals surface area contributed by atoms with E-state index in [0.29, 0.717) is 18.9 Å². The number of pyridine rings is 1. The van der Waals surface area contributed by atoms with E-state index in [9.17, 15) is 4.79 Å². The zero-order chi connectivity index (χ0) is 13.5. The van der Waals surface area contributed by atoms with Gasteiger partial charge in [-0.25, -0.2) is 9.78 Å². The summed E-state index contributed by atoms with van der Waals surface area (Å²) in [6.45, 7) is 3.17. The number of carbonyl (C=O) groups is 1. The zero-order valence-electron chi connectivity index (χ0n) is 10.3. The van der Waals surface area contributed by atoms with Crippen molar-refractivity contribution in [3.05, 3.63) is 22.8 Å². The second kappa shape index (κ2) is 7.18. The van der Waals surface area contributed by atoms with Crippen LogP contribution in [0, 0.1) is 0 Å². The van der Waals surface area contributed by atoms with Crippen LogP contribution in [-0.4, -0.2) is 40.9 Å². The number of aliphatic hydroxyl groups is 1. The number of carboxylic acid groups (broad SMARTS) is 1. The lowest BCUT2D eigenvalue weighted by molar-refractivity contribution is 0.0697. The molecule has 5 nitrogen and oxygen atoms in total. The second-order valence-electron chi connectivity index (χ2n) is 3.91. The molecule has 0 unspecified atom stereocenters. The summed E-state index contributed by atoms with van der Waals surface area (Å²) < 4.78 is 0. The summed E-state index contributed by atoms with van der Waals surface area (Å²) in [5, 5.41) is 18.1. The first-order valence-electron chi connectivity index (χ1n) is 5.85. The van der Waals surface area contributed by atoms with Gasteiger partial charge >= 0.3 is 5.97 Å². The highest BCUT2D eigenvalue weighted by Crippen LogP contribution is 2.18. The van der Waals surface area contributed by atoms with Gasteiger partial charge < -0.3 is 15.1 Å². The maximum Gasteiger partial charge on any atom is 0.335 e. The number of anilines is 1. The van der Waals surface area contributed by atoms with E-state index in [1.54, 1.807) is 0 Å². The molecule has 0 amide bonds. The molecule has 0 aliphatic heterocycles. The van der Waals surface area contributed by atoms with Crippen LogP contribution in [0.15, 0.2) is 12.1 Å². The molecule has 6 heteroatoms. The minimum Gasteiger partial charge on any atom is -0.478 e. The van der Waals surface area contributed by atoms with Gasteiger partial charge in [-0.2, -0.15) is 0 Å². The lowest BCUT2D eigenvalue weighted by Crippen LogP contribution is -2.28. The van der Waals surface area contributed by atoms with Gasteiger partial charge in [0, 0.05) is 13.1 Å². The van der Waals surface area contributed by atoms with Gasteiger partial charge in [-0.15, -0.1) is 0 Å². The first kappa shape index (κ1) is 14.7. The number of halogens is 1. The van der Waals surface area contributed by atoms with Crippen molar-refractivity contribution in [1.29, 1.82) is 0 Å². The number of unbranched alkanes of at least 4 members (excludes halogenated alkanes) is 1. The monoisotopic (exact) mass is 272 g/mol. The van der Waals surface area contributed by atoms with Gasteiger partial charge in [-0.05, 0) is 18.6 Å². The van der Waals surface area contributed by atoms with Gasteiger partial charge in [0.15, 0.2) is 0 Å². The number of aliphatic hydroxyl groups excluding tert-OH is 1. The highest BCUT2D eigenvalue weighted by atomic mass is 35.5. The van der Waals surface area contributed by atoms with E-state index >= 15 is 0 Å². The van der Waals surface area contributed by atoms with E-state index in [4.69, 9.17) is 21.8 Å². The van der Waals surface area contributed by atoms with Gasteiger partial charge in [-0.3, -0.25) is 0 Å². The molecule has 2 N–H and O–H groups in total. The molecule has 100 valence electrons. The summed E-state index contributed by atoms with van der Waals surface area (Å²) in [7, 11) is 0. The van der Waals surface area contributed by atoms with Crippen LogP contribution in [0.2, 0.25) is 5.15 Å². The maximum atomic E-state index is 10.9. The van der Waals surface area contributed by atoms with Gasteiger partial charge in [0.1, 0.15) is 11.0 Å². The van der Waals surface area contributed by atoms with Crippen LogP contribution >= 0.6 is 11.6 Å². The lowest BCUT2D eigenvalue weighted by Gasteiger charge is -2.23. The molecule has 0 fully saturated rings. The van der Waals surface area contributed by atoms with Crippen molar-refractivity contribution in [2.75, 3.05) is 24.6 Å². The van der Waals surface area contributed by atoms with Gasteiger partial charge in [0.05, 0.1) is 12.2 Å². The quantitative estimate of drug-likeness (QED) is 0.743. The lowest BCUT2D eigenvalue weighted by atomic mass is 10.2. The summed E-state index contributed by atoms with van der Waals surface area (Å²) in [5.41, 5.74) is 0.101. The largest absolute Gasteiger partial charge is 0.478 e. The first-order chi connectivity index (χ1) is 8.58. The number of rotatable bonds is 7. The van der Waals surface area contributed by atoms with Gasteiger partial charge in [0.25, 0.3) is 0 Å². The minimum atomic E-state index is -1.04. The van der Waals surface area contributed by atoms with Crippen LogP contribution in [0.3, 0.4) is 0 Å². The third kappa shape index (κ3) is 4.16. The summed E-state index contributed by atoms with van der Waals surface area (Å²) in [5.74, 6) is -0.553. The molecule has 0 aliphatic rings. The van der Waals surface area contributed by atoms with Gasteiger partial charge in [0.2, 0.25) is 0 Å². The van der Waals surface area contributed by atoms with Crippen molar-refractivity contribution >= 4 is 23.4 Å². The molecular weight excluding hydrogens is 256 g/mol. The predicted molar refractivity (Wildman–Crippen MR) is 70.4 cm³/mol. The molecule has 0 aromatic carbocycles. The molecule has 0 aliphatic carbocycles. The Hall–Kier alpha value is -1.33. The third-order valence-electron chi connectivity index (χ3n) is 2.50. The molecule has 1 aromatic rings. The van der Waals surface area contributed by atoms with E-state index in [1.165, 1.54) is 12.1 Å². The van der Waals surface area contributed by atoms with Crippen LogP contribution in [0.1, 0.15) is 30.1 Å². The summed E-state index contributed by atoms with van der Waals surface area (Å²) in [6, 6.07) is 2.78. The fourth-order valence-corrected chi connectivity index (χ4v) is 1.78. The van der Waals surface area contributed by atoms with E-state index < -0.39 is 5.97 Å². The molecule has 1 aromatic heterocycles. The average molecular weight is 273 g/mol. The Morgan fingerprint density at radius 3 is 2.72 bits per heavy atom. The highest BCUT2D eigenvalue weighted by molar-refractivity contribution is 6.29. The number of hydrogen-bond donors (Lipinski definition) is 2. The molecule has 1 heterocycles. The highest BCUT2D eigenvalue weighted by Gasteiger charge is 2.12. The van der Waals surface area contributed by atoms with Crippen molar-refractivity contribution < 1.29 is 15.0 Å². The van der Waals surface area contributed by atoms with E-state index in [0.717, 1.165) is 12.8 Å². The average Bonchev–Trinajstić information content (AvgIpc) is 2.33. The van der Waals surface area contributed by atoms with Crippen LogP contribution in [0.25, 0.3) is 0 Å². The topological polar surface area (TPSA) is 73.7 Å². The van der Waals surface area contributed by atoms with Crippen molar-refractivity contribution in [2.45, 2.75) is 19.8 Å².